The maximum absolute atomic E-state index is 12.4. The van der Waals surface area contributed by atoms with Crippen molar-refractivity contribution in [1.82, 2.24) is 9.97 Å². The summed E-state index contributed by atoms with van der Waals surface area (Å²) in [5, 5.41) is 2.75. The lowest BCUT2D eigenvalue weighted by atomic mass is 10.1. The predicted octanol–water partition coefficient (Wildman–Crippen LogP) is 2.63. The lowest BCUT2D eigenvalue weighted by Gasteiger charge is -2.06. The van der Waals surface area contributed by atoms with Gasteiger partial charge in [-0.2, -0.15) is 0 Å². The van der Waals surface area contributed by atoms with E-state index in [0.29, 0.717) is 17.2 Å². The van der Waals surface area contributed by atoms with Crippen LogP contribution in [0.3, 0.4) is 0 Å². The number of carbonyl (C=O) groups is 2. The van der Waals surface area contributed by atoms with Crippen LogP contribution in [0.25, 0.3) is 0 Å². The van der Waals surface area contributed by atoms with E-state index in [0.717, 1.165) is 24.2 Å². The van der Waals surface area contributed by atoms with Gasteiger partial charge in [-0.3, -0.25) is 9.78 Å². The number of rotatable bonds is 4. The van der Waals surface area contributed by atoms with E-state index in [2.05, 4.69) is 15.3 Å². The van der Waals surface area contributed by atoms with Gasteiger partial charge in [-0.1, -0.05) is 0 Å². The number of carbonyl (C=O) groups excluding carboxylic acids is 2. The second kappa shape index (κ2) is 5.63. The van der Waals surface area contributed by atoms with E-state index in [1.54, 1.807) is 25.3 Å². The van der Waals surface area contributed by atoms with Gasteiger partial charge >= 0.3 is 5.97 Å². The van der Waals surface area contributed by atoms with E-state index >= 15 is 0 Å². The number of H-pyrrole nitrogens is 1. The zero-order valence-corrected chi connectivity index (χ0v) is 12.5. The molecule has 0 saturated heterocycles. The molecule has 114 valence electrons. The molecule has 1 saturated carbocycles. The fourth-order valence-corrected chi connectivity index (χ4v) is 2.34. The summed E-state index contributed by atoms with van der Waals surface area (Å²) >= 11 is 0. The van der Waals surface area contributed by atoms with Crippen LogP contribution < -0.4 is 5.32 Å². The molecule has 2 aromatic rings. The molecule has 2 aromatic heterocycles. The quantitative estimate of drug-likeness (QED) is 0.850. The maximum Gasteiger partial charge on any atom is 0.356 e. The molecule has 6 nitrogen and oxygen atoms in total. The number of methoxy groups -OCH3 is 1. The standard InChI is InChI=1S/C16H17N3O3/c1-9-7-13(14(18-9)16(21)22-2)19-15(20)11-5-6-17-12(8-11)10-3-4-10/h5-8,10,18H,3-4H2,1-2H3,(H,19,20). The smallest absolute Gasteiger partial charge is 0.356 e. The van der Waals surface area contributed by atoms with Gasteiger partial charge < -0.3 is 15.0 Å². The average Bonchev–Trinajstić information content (AvgIpc) is 3.31. The van der Waals surface area contributed by atoms with E-state index in [-0.39, 0.29) is 11.6 Å². The van der Waals surface area contributed by atoms with Crippen LogP contribution >= 0.6 is 0 Å². The Kier molecular flexibility index (Phi) is 3.66. The first-order valence-electron chi connectivity index (χ1n) is 7.13. The number of amides is 1. The van der Waals surface area contributed by atoms with Crippen LogP contribution in [-0.4, -0.2) is 29.0 Å². The number of ether oxygens (including phenoxy) is 1. The SMILES string of the molecule is COC(=O)c1[nH]c(C)cc1NC(=O)c1ccnc(C2CC2)c1. The second-order valence-electron chi connectivity index (χ2n) is 5.43. The van der Waals surface area contributed by atoms with E-state index in [9.17, 15) is 9.59 Å². The van der Waals surface area contributed by atoms with Crippen LogP contribution in [0.4, 0.5) is 5.69 Å². The molecule has 3 rings (SSSR count). The highest BCUT2D eigenvalue weighted by Crippen LogP contribution is 2.39. The Morgan fingerprint density at radius 2 is 2.14 bits per heavy atom. The molecule has 0 spiro atoms. The Balaban J connectivity index is 1.82. The minimum absolute atomic E-state index is 0.241. The lowest BCUT2D eigenvalue weighted by Crippen LogP contribution is -2.15. The van der Waals surface area contributed by atoms with Crippen molar-refractivity contribution in [3.05, 3.63) is 47.0 Å². The number of nitrogens with zero attached hydrogens (tertiary/aromatic N) is 1. The zero-order valence-electron chi connectivity index (χ0n) is 12.5. The van der Waals surface area contributed by atoms with E-state index in [1.807, 2.05) is 6.07 Å². The monoisotopic (exact) mass is 299 g/mol. The van der Waals surface area contributed by atoms with Crippen LogP contribution in [0.1, 0.15) is 51.0 Å². The normalized spacial score (nSPS) is 13.7. The van der Waals surface area contributed by atoms with Crippen LogP contribution in [0.2, 0.25) is 0 Å². The largest absolute Gasteiger partial charge is 0.464 e. The summed E-state index contributed by atoms with van der Waals surface area (Å²) in [4.78, 5) is 31.3. The molecule has 1 amide bonds. The third-order valence-corrected chi connectivity index (χ3v) is 3.63. The summed E-state index contributed by atoms with van der Waals surface area (Å²) in [6.07, 6.45) is 3.90. The first kappa shape index (κ1) is 14.3. The van der Waals surface area contributed by atoms with Crippen molar-refractivity contribution in [2.75, 3.05) is 12.4 Å². The number of aryl methyl sites for hydroxylation is 1. The van der Waals surface area contributed by atoms with Gasteiger partial charge in [0, 0.05) is 29.1 Å². The third kappa shape index (κ3) is 2.86. The molecule has 1 aliphatic carbocycles. The molecule has 0 atom stereocenters. The number of aromatic amines is 1. The van der Waals surface area contributed by atoms with Gasteiger partial charge in [0.05, 0.1) is 12.8 Å². The first-order valence-corrected chi connectivity index (χ1v) is 7.13. The number of aromatic nitrogens is 2. The molecular formula is C16H17N3O3. The van der Waals surface area contributed by atoms with E-state index in [1.165, 1.54) is 7.11 Å². The second-order valence-corrected chi connectivity index (χ2v) is 5.43. The molecule has 0 bridgehead atoms. The Labute approximate surface area is 127 Å². The number of esters is 1. The van der Waals surface area contributed by atoms with Crippen molar-refractivity contribution < 1.29 is 14.3 Å². The molecular weight excluding hydrogens is 282 g/mol. The number of nitrogens with one attached hydrogen (secondary N) is 2. The summed E-state index contributed by atoms with van der Waals surface area (Å²) < 4.78 is 4.70. The third-order valence-electron chi connectivity index (χ3n) is 3.63. The molecule has 1 aliphatic rings. The molecule has 0 unspecified atom stereocenters. The molecule has 2 heterocycles. The maximum atomic E-state index is 12.4. The van der Waals surface area contributed by atoms with Gasteiger partial charge in [0.15, 0.2) is 0 Å². The summed E-state index contributed by atoms with van der Waals surface area (Å²) in [7, 11) is 1.30. The summed E-state index contributed by atoms with van der Waals surface area (Å²) in [6.45, 7) is 1.81. The topological polar surface area (TPSA) is 84.1 Å². The van der Waals surface area contributed by atoms with Gasteiger partial charge in [0.2, 0.25) is 0 Å². The summed E-state index contributed by atoms with van der Waals surface area (Å²) in [6, 6.07) is 5.18. The molecule has 1 fully saturated rings. The molecule has 0 aliphatic heterocycles. The average molecular weight is 299 g/mol. The van der Waals surface area contributed by atoms with Crippen LogP contribution in [0, 0.1) is 6.92 Å². The molecule has 6 heteroatoms. The van der Waals surface area contributed by atoms with Gasteiger partial charge in [-0.15, -0.1) is 0 Å². The van der Waals surface area contributed by atoms with E-state index < -0.39 is 5.97 Å². The Bertz CT molecular complexity index is 732. The minimum atomic E-state index is -0.517. The number of hydrogen-bond acceptors (Lipinski definition) is 4. The number of pyridine rings is 1. The van der Waals surface area contributed by atoms with Crippen molar-refractivity contribution >= 4 is 17.6 Å². The highest BCUT2D eigenvalue weighted by atomic mass is 16.5. The molecule has 0 radical (unpaired) electrons. The van der Waals surface area contributed by atoms with E-state index in [4.69, 9.17) is 4.74 Å². The summed E-state index contributed by atoms with van der Waals surface area (Å²) in [5.74, 6) is -0.307. The Morgan fingerprint density at radius 1 is 1.36 bits per heavy atom. The fraction of sp³-hybridized carbons (Fsp3) is 0.312. The van der Waals surface area contributed by atoms with Crippen LogP contribution in [0.5, 0.6) is 0 Å². The first-order chi connectivity index (χ1) is 10.6. The van der Waals surface area contributed by atoms with Crippen molar-refractivity contribution in [3.63, 3.8) is 0 Å². The number of hydrogen-bond donors (Lipinski definition) is 2. The number of anilines is 1. The fourth-order valence-electron chi connectivity index (χ4n) is 2.34. The van der Waals surface area contributed by atoms with Crippen molar-refractivity contribution in [2.24, 2.45) is 0 Å². The summed E-state index contributed by atoms with van der Waals surface area (Å²) in [5.41, 5.74) is 2.91. The van der Waals surface area contributed by atoms with Crippen LogP contribution in [0.15, 0.2) is 24.4 Å². The zero-order chi connectivity index (χ0) is 15.7. The highest BCUT2D eigenvalue weighted by Gasteiger charge is 2.25. The van der Waals surface area contributed by atoms with Crippen molar-refractivity contribution in [2.45, 2.75) is 25.7 Å². The van der Waals surface area contributed by atoms with Crippen molar-refractivity contribution in [3.8, 4) is 0 Å². The van der Waals surface area contributed by atoms with Crippen molar-refractivity contribution in [1.29, 1.82) is 0 Å². The van der Waals surface area contributed by atoms with Gasteiger partial charge in [0.25, 0.3) is 5.91 Å². The highest BCUT2D eigenvalue weighted by molar-refractivity contribution is 6.07. The predicted molar refractivity (Wildman–Crippen MR) is 81.0 cm³/mol. The lowest BCUT2D eigenvalue weighted by molar-refractivity contribution is 0.0596. The molecule has 22 heavy (non-hydrogen) atoms. The Hall–Kier alpha value is -2.63. The van der Waals surface area contributed by atoms with Gasteiger partial charge in [0.1, 0.15) is 5.69 Å². The van der Waals surface area contributed by atoms with Crippen LogP contribution in [-0.2, 0) is 4.74 Å². The van der Waals surface area contributed by atoms with Gasteiger partial charge in [-0.25, -0.2) is 4.79 Å². The molecule has 0 aromatic carbocycles. The minimum Gasteiger partial charge on any atom is -0.464 e. The Morgan fingerprint density at radius 3 is 2.82 bits per heavy atom. The molecule has 2 N–H and O–H groups in total. The van der Waals surface area contributed by atoms with Gasteiger partial charge in [-0.05, 0) is 38.0 Å².